The number of hydrogen-bond donors (Lipinski definition) is 6. The Balaban J connectivity index is -0.000000120. The number of aliphatic hydroxyl groups excluding tert-OH is 5. The molecule has 164 valence electrons. The van der Waals surface area contributed by atoms with Crippen LogP contribution < -0.4 is 0 Å². The molecule has 0 aromatic rings. The molecule has 0 bridgehead atoms. The minimum absolute atomic E-state index is 0. The standard InChI is InChI=1S/C13H26O7.Ba.5H2O.2H/c14-8-6-4-2-1-3-5-7-9(15)10(16)11(17)12(18)13(19)20;;;;;;;;/h9-12,14-18H,1-8H2,(H,19,20);;5*1H2;;. The van der Waals surface area contributed by atoms with Crippen LogP contribution in [0.4, 0.5) is 0 Å². The van der Waals surface area contributed by atoms with Gasteiger partial charge in [0.05, 0.1) is 6.10 Å². The Morgan fingerprint density at radius 1 is 0.692 bits per heavy atom. The first-order valence-corrected chi connectivity index (χ1v) is 6.97. The van der Waals surface area contributed by atoms with Gasteiger partial charge in [0, 0.05) is 6.61 Å². The minimum atomic E-state index is -2.11. The summed E-state index contributed by atoms with van der Waals surface area (Å²) in [5.74, 6) is -1.65. The van der Waals surface area contributed by atoms with Crippen molar-refractivity contribution in [1.29, 1.82) is 0 Å². The number of aliphatic hydroxyl groups is 5. The molecular formula is C13H38BaO12. The summed E-state index contributed by atoms with van der Waals surface area (Å²) in [6.45, 7) is 0.189. The van der Waals surface area contributed by atoms with Gasteiger partial charge in [-0.15, -0.1) is 0 Å². The average molecular weight is 524 g/mol. The van der Waals surface area contributed by atoms with Gasteiger partial charge in [0.25, 0.3) is 0 Å². The number of carboxylic acids is 1. The van der Waals surface area contributed by atoms with Crippen molar-refractivity contribution in [3.8, 4) is 0 Å². The third-order valence-corrected chi connectivity index (χ3v) is 3.23. The molecule has 26 heavy (non-hydrogen) atoms. The van der Waals surface area contributed by atoms with Gasteiger partial charge in [0.2, 0.25) is 0 Å². The average Bonchev–Trinajstić information content (AvgIpc) is 2.43. The number of aliphatic carboxylic acids is 1. The van der Waals surface area contributed by atoms with Crippen LogP contribution in [0.3, 0.4) is 0 Å². The van der Waals surface area contributed by atoms with E-state index in [1.54, 1.807) is 0 Å². The Bertz CT molecular complexity index is 272. The van der Waals surface area contributed by atoms with Crippen molar-refractivity contribution in [2.45, 2.75) is 69.4 Å². The van der Waals surface area contributed by atoms with E-state index < -0.39 is 30.4 Å². The molecule has 0 amide bonds. The fourth-order valence-electron chi connectivity index (χ4n) is 1.90. The van der Waals surface area contributed by atoms with Crippen molar-refractivity contribution < 1.29 is 62.8 Å². The Labute approximate surface area is 192 Å². The molecule has 0 spiro atoms. The molecule has 0 aliphatic heterocycles. The maximum absolute atomic E-state index is 10.4. The summed E-state index contributed by atoms with van der Waals surface area (Å²) in [6, 6.07) is 0. The number of carbonyl (C=O) groups is 1. The molecule has 0 aromatic carbocycles. The second-order valence-corrected chi connectivity index (χ2v) is 4.97. The Kier molecular flexibility index (Phi) is 48.6. The molecule has 12 nitrogen and oxygen atoms in total. The predicted octanol–water partition coefficient (Wildman–Crippen LogP) is -5.80. The molecule has 0 rings (SSSR count). The van der Waals surface area contributed by atoms with Gasteiger partial charge in [-0.1, -0.05) is 32.1 Å². The Morgan fingerprint density at radius 2 is 1.08 bits per heavy atom. The van der Waals surface area contributed by atoms with Crippen LogP contribution in [0.25, 0.3) is 0 Å². The molecule has 0 aromatic heterocycles. The summed E-state index contributed by atoms with van der Waals surface area (Å²) < 4.78 is 0. The summed E-state index contributed by atoms with van der Waals surface area (Å²) in [5.41, 5.74) is 0. The van der Waals surface area contributed by atoms with Crippen LogP contribution in [0.5, 0.6) is 0 Å². The van der Waals surface area contributed by atoms with E-state index in [9.17, 15) is 20.1 Å². The molecule has 4 atom stereocenters. The third kappa shape index (κ3) is 20.9. The van der Waals surface area contributed by atoms with Crippen LogP contribution in [-0.4, -0.2) is 144 Å². The fraction of sp³-hybridized carbons (Fsp3) is 0.923. The van der Waals surface area contributed by atoms with Crippen molar-refractivity contribution in [2.75, 3.05) is 6.61 Å². The van der Waals surface area contributed by atoms with Crippen molar-refractivity contribution in [2.24, 2.45) is 0 Å². The van der Waals surface area contributed by atoms with Gasteiger partial charge in [-0.2, -0.15) is 0 Å². The zero-order valence-electron chi connectivity index (χ0n) is 14.1. The molecule has 4 unspecified atom stereocenters. The number of unbranched alkanes of at least 4 members (excludes halogenated alkanes) is 5. The van der Waals surface area contributed by atoms with Crippen molar-refractivity contribution in [3.63, 3.8) is 0 Å². The second-order valence-electron chi connectivity index (χ2n) is 4.97. The molecule has 0 saturated heterocycles. The molecule has 0 fully saturated rings. The maximum atomic E-state index is 10.4. The zero-order chi connectivity index (χ0) is 15.5. The summed E-state index contributed by atoms with van der Waals surface area (Å²) >= 11 is 0. The SMILES string of the molecule is O.O.O.O.O.O=C(O)C(O)C(O)C(O)C(O)CCCCCCCCO.[BaH2]. The first-order valence-electron chi connectivity index (χ1n) is 6.97. The van der Waals surface area contributed by atoms with Gasteiger partial charge < -0.3 is 58.0 Å². The second kappa shape index (κ2) is 27.9. The molecule has 0 heterocycles. The zero-order valence-corrected chi connectivity index (χ0v) is 14.1. The third-order valence-electron chi connectivity index (χ3n) is 3.23. The van der Waals surface area contributed by atoms with Crippen LogP contribution in [0, 0.1) is 0 Å². The number of carboxylic acid groups (broad SMARTS) is 1. The summed E-state index contributed by atoms with van der Waals surface area (Å²) in [6.07, 6.45) is -1.61. The monoisotopic (exact) mass is 524 g/mol. The van der Waals surface area contributed by atoms with Gasteiger partial charge in [0.1, 0.15) is 12.2 Å². The Hall–Kier alpha value is 0.641. The van der Waals surface area contributed by atoms with E-state index in [-0.39, 0.29) is 89.3 Å². The molecule has 0 radical (unpaired) electrons. The number of hydrogen-bond acceptors (Lipinski definition) is 6. The fourth-order valence-corrected chi connectivity index (χ4v) is 1.90. The van der Waals surface area contributed by atoms with Gasteiger partial charge >= 0.3 is 54.9 Å². The van der Waals surface area contributed by atoms with Gasteiger partial charge in [-0.25, -0.2) is 4.79 Å². The first kappa shape index (κ1) is 45.4. The van der Waals surface area contributed by atoms with E-state index in [2.05, 4.69) is 0 Å². The van der Waals surface area contributed by atoms with Gasteiger partial charge in [-0.3, -0.25) is 0 Å². The van der Waals surface area contributed by atoms with Crippen LogP contribution in [-0.2, 0) is 4.79 Å². The molecular weight excluding hydrogens is 485 g/mol. The molecule has 0 saturated carbocycles. The van der Waals surface area contributed by atoms with Crippen LogP contribution in [0.1, 0.15) is 44.9 Å². The van der Waals surface area contributed by atoms with Crippen molar-refractivity contribution in [3.05, 3.63) is 0 Å². The van der Waals surface area contributed by atoms with Crippen molar-refractivity contribution >= 4 is 54.9 Å². The van der Waals surface area contributed by atoms with E-state index in [1.165, 1.54) is 0 Å². The van der Waals surface area contributed by atoms with E-state index in [1.807, 2.05) is 0 Å². The van der Waals surface area contributed by atoms with E-state index >= 15 is 0 Å². The topological polar surface area (TPSA) is 296 Å². The van der Waals surface area contributed by atoms with Gasteiger partial charge in [-0.05, 0) is 12.8 Å². The van der Waals surface area contributed by atoms with E-state index in [0.29, 0.717) is 6.42 Å². The molecule has 13 heteroatoms. The van der Waals surface area contributed by atoms with Crippen molar-refractivity contribution in [1.82, 2.24) is 0 Å². The van der Waals surface area contributed by atoms with E-state index in [4.69, 9.17) is 15.3 Å². The van der Waals surface area contributed by atoms with E-state index in [0.717, 1.165) is 32.1 Å². The summed E-state index contributed by atoms with van der Waals surface area (Å²) in [7, 11) is 0. The quantitative estimate of drug-likeness (QED) is 0.106. The predicted molar refractivity (Wildman–Crippen MR) is 97.7 cm³/mol. The molecule has 0 aliphatic carbocycles. The van der Waals surface area contributed by atoms with Crippen LogP contribution in [0.2, 0.25) is 0 Å². The first-order chi connectivity index (χ1) is 9.41. The van der Waals surface area contributed by atoms with Gasteiger partial charge in [0.15, 0.2) is 6.10 Å². The summed E-state index contributed by atoms with van der Waals surface area (Å²) in [4.78, 5) is 10.4. The molecule has 0 aliphatic rings. The summed E-state index contributed by atoms with van der Waals surface area (Å²) in [5, 5.41) is 54.6. The van der Waals surface area contributed by atoms with Crippen LogP contribution >= 0.6 is 0 Å². The molecule has 16 N–H and O–H groups in total. The normalized spacial score (nSPS) is 13.4. The number of rotatable bonds is 12. The van der Waals surface area contributed by atoms with Crippen LogP contribution in [0.15, 0.2) is 0 Å². The Morgan fingerprint density at radius 3 is 1.46 bits per heavy atom.